The Morgan fingerprint density at radius 1 is 1.18 bits per heavy atom. The first kappa shape index (κ1) is 24.6. The first-order chi connectivity index (χ1) is 13.0. The van der Waals surface area contributed by atoms with E-state index in [0.29, 0.717) is 24.2 Å². The second kappa shape index (κ2) is 12.9. The molecule has 5 nitrogen and oxygen atoms in total. The average molecular weight is 413 g/mol. The summed E-state index contributed by atoms with van der Waals surface area (Å²) >= 11 is 0. The number of methoxy groups -OCH3 is 2. The lowest BCUT2D eigenvalue weighted by Gasteiger charge is -2.27. The molecule has 1 aromatic rings. The molecule has 0 aromatic heterocycles. The summed E-state index contributed by atoms with van der Waals surface area (Å²) in [6, 6.07) is 5.99. The van der Waals surface area contributed by atoms with E-state index in [1.54, 1.807) is 14.2 Å². The van der Waals surface area contributed by atoms with Crippen molar-refractivity contribution in [2.24, 2.45) is 11.8 Å². The van der Waals surface area contributed by atoms with Gasteiger partial charge in [-0.25, -0.2) is 0 Å². The molecular formula is C22H37ClN2O3. The Hall–Kier alpha value is -1.46. The zero-order valence-electron chi connectivity index (χ0n) is 17.8. The third-order valence-electron chi connectivity index (χ3n) is 5.28. The molecular weight excluding hydrogens is 376 g/mol. The van der Waals surface area contributed by atoms with E-state index in [9.17, 15) is 4.79 Å². The van der Waals surface area contributed by atoms with Gasteiger partial charge in [0.05, 0.1) is 14.2 Å². The topological polar surface area (TPSA) is 50.8 Å². The predicted octanol–water partition coefficient (Wildman–Crippen LogP) is 3.93. The smallest absolute Gasteiger partial charge is 0.222 e. The lowest BCUT2D eigenvalue weighted by Crippen LogP contribution is -2.36. The number of piperidine rings is 1. The third kappa shape index (κ3) is 7.88. The van der Waals surface area contributed by atoms with Crippen molar-refractivity contribution in [2.75, 3.05) is 40.4 Å². The molecule has 6 heteroatoms. The van der Waals surface area contributed by atoms with E-state index >= 15 is 0 Å². The summed E-state index contributed by atoms with van der Waals surface area (Å²) in [7, 11) is 3.29. The zero-order valence-corrected chi connectivity index (χ0v) is 18.6. The fourth-order valence-corrected chi connectivity index (χ4v) is 3.71. The molecule has 1 saturated heterocycles. The van der Waals surface area contributed by atoms with Gasteiger partial charge in [-0.3, -0.25) is 4.79 Å². The fraction of sp³-hybridized carbons (Fsp3) is 0.682. The molecule has 1 fully saturated rings. The Morgan fingerprint density at radius 2 is 1.86 bits per heavy atom. The molecule has 28 heavy (non-hydrogen) atoms. The van der Waals surface area contributed by atoms with Crippen molar-refractivity contribution in [3.63, 3.8) is 0 Å². The van der Waals surface area contributed by atoms with Crippen LogP contribution in [0.2, 0.25) is 0 Å². The molecule has 0 aliphatic carbocycles. The van der Waals surface area contributed by atoms with E-state index in [0.717, 1.165) is 56.1 Å². The highest BCUT2D eigenvalue weighted by Crippen LogP contribution is 2.28. The number of hydrogen-bond acceptors (Lipinski definition) is 4. The Kier molecular flexibility index (Phi) is 11.3. The van der Waals surface area contributed by atoms with Crippen LogP contribution >= 0.6 is 12.4 Å². The summed E-state index contributed by atoms with van der Waals surface area (Å²) in [6.45, 7) is 8.09. The number of rotatable bonds is 10. The Labute approximate surface area is 176 Å². The number of carbonyl (C=O) groups is 1. The predicted molar refractivity (Wildman–Crippen MR) is 117 cm³/mol. The van der Waals surface area contributed by atoms with Crippen molar-refractivity contribution in [1.82, 2.24) is 10.2 Å². The van der Waals surface area contributed by atoms with Crippen LogP contribution in [-0.4, -0.2) is 51.2 Å². The van der Waals surface area contributed by atoms with Gasteiger partial charge < -0.3 is 19.7 Å². The summed E-state index contributed by atoms with van der Waals surface area (Å²) in [6.07, 6.45) is 4.91. The van der Waals surface area contributed by atoms with Crippen molar-refractivity contribution in [1.29, 1.82) is 0 Å². The fourth-order valence-electron chi connectivity index (χ4n) is 3.71. The van der Waals surface area contributed by atoms with Crippen LogP contribution in [0.3, 0.4) is 0 Å². The van der Waals surface area contributed by atoms with Crippen LogP contribution in [0, 0.1) is 11.8 Å². The van der Waals surface area contributed by atoms with Gasteiger partial charge in [0.1, 0.15) is 0 Å². The number of hydrogen-bond donors (Lipinski definition) is 1. The van der Waals surface area contributed by atoms with E-state index in [1.165, 1.54) is 12.8 Å². The maximum Gasteiger partial charge on any atom is 0.222 e. The first-order valence-electron chi connectivity index (χ1n) is 10.2. The Morgan fingerprint density at radius 3 is 2.46 bits per heavy atom. The van der Waals surface area contributed by atoms with Gasteiger partial charge in [-0.15, -0.1) is 12.4 Å². The second-order valence-corrected chi connectivity index (χ2v) is 7.90. The first-order valence-corrected chi connectivity index (χ1v) is 10.2. The summed E-state index contributed by atoms with van der Waals surface area (Å²) in [5.74, 6) is 2.93. The molecule has 0 bridgehead atoms. The normalized spacial score (nSPS) is 14.5. The van der Waals surface area contributed by atoms with Gasteiger partial charge in [0.2, 0.25) is 5.91 Å². The van der Waals surface area contributed by atoms with Gasteiger partial charge in [-0.2, -0.15) is 0 Å². The molecule has 1 aliphatic rings. The zero-order chi connectivity index (χ0) is 19.6. The van der Waals surface area contributed by atoms with Crippen molar-refractivity contribution < 1.29 is 14.3 Å². The van der Waals surface area contributed by atoms with Crippen LogP contribution in [0.25, 0.3) is 0 Å². The van der Waals surface area contributed by atoms with Crippen LogP contribution in [0.5, 0.6) is 11.5 Å². The number of ether oxygens (including phenoxy) is 2. The Bertz CT molecular complexity index is 589. The Balaban J connectivity index is 0.00000392. The lowest BCUT2D eigenvalue weighted by atomic mass is 9.93. The highest BCUT2D eigenvalue weighted by Gasteiger charge is 2.19. The molecule has 1 aromatic carbocycles. The summed E-state index contributed by atoms with van der Waals surface area (Å²) in [5.41, 5.74) is 1.16. The molecule has 1 N–H and O–H groups in total. The van der Waals surface area contributed by atoms with E-state index < -0.39 is 0 Å². The molecule has 0 atom stereocenters. The van der Waals surface area contributed by atoms with E-state index in [-0.39, 0.29) is 12.4 Å². The van der Waals surface area contributed by atoms with Gasteiger partial charge in [-0.1, -0.05) is 19.9 Å². The molecule has 2 rings (SSSR count). The van der Waals surface area contributed by atoms with Crippen molar-refractivity contribution in [3.05, 3.63) is 23.8 Å². The molecule has 0 unspecified atom stereocenters. The molecule has 1 amide bonds. The monoisotopic (exact) mass is 412 g/mol. The molecule has 1 heterocycles. The number of halogens is 1. The standard InChI is InChI=1S/C22H36N2O3.ClH/c1-17(2)16-24(22(25)8-6-18-9-12-23-13-10-18)14-11-19-5-7-20(26-3)21(15-19)27-4;/h5,7,15,17-18,23H,6,8-14,16H2,1-4H3;1H. The van der Waals surface area contributed by atoms with Crippen LogP contribution in [0.15, 0.2) is 18.2 Å². The van der Waals surface area contributed by atoms with E-state index in [4.69, 9.17) is 9.47 Å². The SMILES string of the molecule is COc1ccc(CCN(CC(C)C)C(=O)CCC2CCNCC2)cc1OC.Cl. The van der Waals surface area contributed by atoms with Gasteiger partial charge in [0.25, 0.3) is 0 Å². The molecule has 0 spiro atoms. The number of nitrogens with one attached hydrogen (secondary N) is 1. The average Bonchev–Trinajstić information content (AvgIpc) is 2.69. The minimum absolute atomic E-state index is 0. The largest absolute Gasteiger partial charge is 0.493 e. The lowest BCUT2D eigenvalue weighted by molar-refractivity contribution is -0.132. The maximum atomic E-state index is 12.8. The van der Waals surface area contributed by atoms with Crippen molar-refractivity contribution in [3.8, 4) is 11.5 Å². The summed E-state index contributed by atoms with van der Waals surface area (Å²) in [4.78, 5) is 14.9. The van der Waals surface area contributed by atoms with E-state index in [1.807, 2.05) is 17.0 Å². The third-order valence-corrected chi connectivity index (χ3v) is 5.28. The van der Waals surface area contributed by atoms with Crippen molar-refractivity contribution in [2.45, 2.75) is 46.0 Å². The van der Waals surface area contributed by atoms with Gasteiger partial charge in [0.15, 0.2) is 11.5 Å². The summed E-state index contributed by atoms with van der Waals surface area (Å²) < 4.78 is 10.7. The van der Waals surface area contributed by atoms with Gasteiger partial charge >= 0.3 is 0 Å². The second-order valence-electron chi connectivity index (χ2n) is 7.90. The highest BCUT2D eigenvalue weighted by atomic mass is 35.5. The van der Waals surface area contributed by atoms with Gasteiger partial charge in [-0.05, 0) is 68.3 Å². The van der Waals surface area contributed by atoms with E-state index in [2.05, 4.69) is 25.2 Å². The minimum Gasteiger partial charge on any atom is -0.493 e. The number of benzene rings is 1. The van der Waals surface area contributed by atoms with Crippen LogP contribution < -0.4 is 14.8 Å². The van der Waals surface area contributed by atoms with Gasteiger partial charge in [0, 0.05) is 19.5 Å². The highest BCUT2D eigenvalue weighted by molar-refractivity contribution is 5.85. The van der Waals surface area contributed by atoms with Crippen molar-refractivity contribution >= 4 is 18.3 Å². The number of carbonyl (C=O) groups excluding carboxylic acids is 1. The van der Waals surface area contributed by atoms with Crippen LogP contribution in [0.4, 0.5) is 0 Å². The molecule has 1 aliphatic heterocycles. The quantitative estimate of drug-likeness (QED) is 0.632. The molecule has 0 saturated carbocycles. The van der Waals surface area contributed by atoms with Crippen LogP contribution in [0.1, 0.15) is 45.1 Å². The minimum atomic E-state index is 0. The molecule has 0 radical (unpaired) electrons. The van der Waals surface area contributed by atoms with Crippen LogP contribution in [-0.2, 0) is 11.2 Å². The molecule has 160 valence electrons. The summed E-state index contributed by atoms with van der Waals surface area (Å²) in [5, 5.41) is 3.39. The number of nitrogens with zero attached hydrogens (tertiary/aromatic N) is 1. The number of amides is 1. The maximum absolute atomic E-state index is 12.8.